The molecule has 1 atom stereocenters. The summed E-state index contributed by atoms with van der Waals surface area (Å²) in [4.78, 5) is 16.8. The van der Waals surface area contributed by atoms with Gasteiger partial charge in [0.15, 0.2) is 5.82 Å². The SMILES string of the molecule is C[C@H](Sc1n[nH]c(-c2ccccc2Br)n1)C(=O)Nc1cccc(Cl)c1Cl. The first kappa shape index (κ1) is 19.2. The molecule has 0 radical (unpaired) electrons. The Morgan fingerprint density at radius 2 is 2.00 bits per heavy atom. The lowest BCUT2D eigenvalue weighted by atomic mass is 10.2. The van der Waals surface area contributed by atoms with Crippen molar-refractivity contribution in [1.82, 2.24) is 15.2 Å². The summed E-state index contributed by atoms with van der Waals surface area (Å²) < 4.78 is 0.911. The highest BCUT2D eigenvalue weighted by Crippen LogP contribution is 2.31. The van der Waals surface area contributed by atoms with E-state index in [-0.39, 0.29) is 5.91 Å². The Morgan fingerprint density at radius 1 is 1.23 bits per heavy atom. The lowest BCUT2D eigenvalue weighted by Crippen LogP contribution is -2.22. The highest BCUT2D eigenvalue weighted by atomic mass is 79.9. The summed E-state index contributed by atoms with van der Waals surface area (Å²) in [5.74, 6) is 0.414. The third-order valence-electron chi connectivity index (χ3n) is 3.45. The molecule has 0 saturated heterocycles. The van der Waals surface area contributed by atoms with Crippen molar-refractivity contribution in [2.75, 3.05) is 5.32 Å². The smallest absolute Gasteiger partial charge is 0.237 e. The average Bonchev–Trinajstić information content (AvgIpc) is 3.07. The lowest BCUT2D eigenvalue weighted by Gasteiger charge is -2.11. The van der Waals surface area contributed by atoms with Crippen molar-refractivity contribution in [1.29, 1.82) is 0 Å². The van der Waals surface area contributed by atoms with Crippen LogP contribution < -0.4 is 5.32 Å². The lowest BCUT2D eigenvalue weighted by molar-refractivity contribution is -0.115. The molecule has 0 spiro atoms. The summed E-state index contributed by atoms with van der Waals surface area (Å²) in [5.41, 5.74) is 1.37. The normalized spacial score (nSPS) is 12.0. The number of anilines is 1. The molecule has 3 aromatic rings. The maximum atomic E-state index is 12.4. The second-order valence-corrected chi connectivity index (χ2v) is 8.24. The van der Waals surface area contributed by atoms with Gasteiger partial charge in [-0.05, 0) is 25.1 Å². The number of halogens is 3. The second kappa shape index (κ2) is 8.43. The maximum absolute atomic E-state index is 12.4. The van der Waals surface area contributed by atoms with Gasteiger partial charge in [-0.2, -0.15) is 0 Å². The van der Waals surface area contributed by atoms with Crippen LogP contribution >= 0.6 is 50.9 Å². The minimum Gasteiger partial charge on any atom is -0.324 e. The van der Waals surface area contributed by atoms with E-state index in [1.807, 2.05) is 24.3 Å². The van der Waals surface area contributed by atoms with Gasteiger partial charge in [-0.25, -0.2) is 4.98 Å². The minimum absolute atomic E-state index is 0.216. The number of H-pyrrole nitrogens is 1. The molecule has 3 rings (SSSR count). The van der Waals surface area contributed by atoms with Crippen molar-refractivity contribution in [2.45, 2.75) is 17.3 Å². The molecule has 26 heavy (non-hydrogen) atoms. The van der Waals surface area contributed by atoms with E-state index in [4.69, 9.17) is 23.2 Å². The first-order valence-electron chi connectivity index (χ1n) is 7.54. The fraction of sp³-hybridized carbons (Fsp3) is 0.118. The number of thioether (sulfide) groups is 1. The molecular formula is C17H13BrCl2N4OS. The standard InChI is InChI=1S/C17H13BrCl2N4OS/c1-9(16(25)21-13-8-4-7-12(19)14(13)20)26-17-22-15(23-24-17)10-5-2-3-6-11(10)18/h2-9H,1H3,(H,21,25)(H,22,23,24)/t9-/m0/s1. The quantitative estimate of drug-likeness (QED) is 0.471. The summed E-state index contributed by atoms with van der Waals surface area (Å²) in [5, 5.41) is 10.6. The zero-order valence-electron chi connectivity index (χ0n) is 13.5. The number of nitrogens with zero attached hydrogens (tertiary/aromatic N) is 2. The van der Waals surface area contributed by atoms with Gasteiger partial charge < -0.3 is 5.32 Å². The summed E-state index contributed by atoms with van der Waals surface area (Å²) in [6.07, 6.45) is 0. The third kappa shape index (κ3) is 4.40. The number of carbonyl (C=O) groups excluding carboxylic acids is 1. The van der Waals surface area contributed by atoms with Gasteiger partial charge in [0, 0.05) is 10.0 Å². The van der Waals surface area contributed by atoms with Gasteiger partial charge in [-0.15, -0.1) is 5.10 Å². The van der Waals surface area contributed by atoms with Crippen molar-refractivity contribution < 1.29 is 4.79 Å². The molecule has 134 valence electrons. The number of amides is 1. The first-order valence-corrected chi connectivity index (χ1v) is 9.97. The number of hydrogen-bond acceptors (Lipinski definition) is 4. The largest absolute Gasteiger partial charge is 0.324 e. The van der Waals surface area contributed by atoms with E-state index < -0.39 is 5.25 Å². The minimum atomic E-state index is -0.423. The van der Waals surface area contributed by atoms with E-state index in [9.17, 15) is 4.79 Å². The van der Waals surface area contributed by atoms with Crippen molar-refractivity contribution in [2.24, 2.45) is 0 Å². The molecule has 0 fully saturated rings. The van der Waals surface area contributed by atoms with Gasteiger partial charge in [0.25, 0.3) is 0 Å². The first-order chi connectivity index (χ1) is 12.5. The van der Waals surface area contributed by atoms with Crippen LogP contribution in [0.15, 0.2) is 52.1 Å². The number of rotatable bonds is 5. The van der Waals surface area contributed by atoms with Crippen LogP contribution in [0.4, 0.5) is 5.69 Å². The Morgan fingerprint density at radius 3 is 2.77 bits per heavy atom. The third-order valence-corrected chi connectivity index (χ3v) is 5.93. The maximum Gasteiger partial charge on any atom is 0.237 e. The van der Waals surface area contributed by atoms with E-state index in [0.717, 1.165) is 10.0 Å². The second-order valence-electron chi connectivity index (χ2n) is 5.30. The number of hydrogen-bond donors (Lipinski definition) is 2. The van der Waals surface area contributed by atoms with Crippen molar-refractivity contribution in [3.05, 3.63) is 57.0 Å². The zero-order valence-corrected chi connectivity index (χ0v) is 17.4. The monoisotopic (exact) mass is 470 g/mol. The molecule has 2 N–H and O–H groups in total. The predicted molar refractivity (Wildman–Crippen MR) is 110 cm³/mol. The Balaban J connectivity index is 1.68. The predicted octanol–water partition coefficient (Wildman–Crippen LogP) is 5.66. The van der Waals surface area contributed by atoms with Crippen molar-refractivity contribution >= 4 is 62.5 Å². The number of nitrogens with one attached hydrogen (secondary N) is 2. The van der Waals surface area contributed by atoms with E-state index in [0.29, 0.717) is 26.7 Å². The summed E-state index contributed by atoms with van der Waals surface area (Å²) >= 11 is 16.8. The Kier molecular flexibility index (Phi) is 6.24. The number of carbonyl (C=O) groups is 1. The van der Waals surface area contributed by atoms with Gasteiger partial charge in [-0.1, -0.05) is 75.2 Å². The summed E-state index contributed by atoms with van der Waals surface area (Å²) in [6.45, 7) is 1.77. The molecule has 0 unspecified atom stereocenters. The highest BCUT2D eigenvalue weighted by Gasteiger charge is 2.19. The van der Waals surface area contributed by atoms with Gasteiger partial charge in [0.2, 0.25) is 11.1 Å². The number of aromatic nitrogens is 3. The number of benzene rings is 2. The van der Waals surface area contributed by atoms with Crippen molar-refractivity contribution in [3.8, 4) is 11.4 Å². The Bertz CT molecular complexity index is 950. The molecule has 0 aliphatic rings. The fourth-order valence-corrected chi connectivity index (χ4v) is 3.66. The van der Waals surface area contributed by atoms with Crippen LogP contribution in [0.2, 0.25) is 10.0 Å². The molecule has 9 heteroatoms. The average molecular weight is 472 g/mol. The van der Waals surface area contributed by atoms with Crippen LogP contribution in [0.1, 0.15) is 6.92 Å². The van der Waals surface area contributed by atoms with Crippen LogP contribution in [0, 0.1) is 0 Å². The molecule has 1 amide bonds. The molecule has 2 aromatic carbocycles. The van der Waals surface area contributed by atoms with Crippen LogP contribution in [-0.2, 0) is 4.79 Å². The molecular weight excluding hydrogens is 459 g/mol. The topological polar surface area (TPSA) is 70.7 Å². The van der Waals surface area contributed by atoms with Crippen LogP contribution in [0.3, 0.4) is 0 Å². The fourth-order valence-electron chi connectivity index (χ4n) is 2.12. The van der Waals surface area contributed by atoms with E-state index in [1.54, 1.807) is 25.1 Å². The molecule has 5 nitrogen and oxygen atoms in total. The van der Waals surface area contributed by atoms with E-state index in [2.05, 4.69) is 36.4 Å². The van der Waals surface area contributed by atoms with Gasteiger partial charge in [0.05, 0.1) is 21.0 Å². The molecule has 0 saturated carbocycles. The zero-order chi connectivity index (χ0) is 18.7. The number of aromatic amines is 1. The van der Waals surface area contributed by atoms with Crippen LogP contribution in [0.25, 0.3) is 11.4 Å². The molecule has 0 bridgehead atoms. The molecule has 0 aliphatic carbocycles. The summed E-state index contributed by atoms with van der Waals surface area (Å²) in [7, 11) is 0. The molecule has 0 aliphatic heterocycles. The molecule has 1 heterocycles. The Labute approximate surface area is 173 Å². The van der Waals surface area contributed by atoms with Crippen molar-refractivity contribution in [3.63, 3.8) is 0 Å². The van der Waals surface area contributed by atoms with Crippen LogP contribution in [-0.4, -0.2) is 26.3 Å². The van der Waals surface area contributed by atoms with E-state index >= 15 is 0 Å². The van der Waals surface area contributed by atoms with Gasteiger partial charge in [0.1, 0.15) is 0 Å². The van der Waals surface area contributed by atoms with Crippen LogP contribution in [0.5, 0.6) is 0 Å². The summed E-state index contributed by atoms with van der Waals surface area (Å²) in [6, 6.07) is 12.8. The molecule has 1 aromatic heterocycles. The van der Waals surface area contributed by atoms with Gasteiger partial charge in [-0.3, -0.25) is 9.89 Å². The Hall–Kier alpha value is -1.54. The van der Waals surface area contributed by atoms with Gasteiger partial charge >= 0.3 is 0 Å². The van der Waals surface area contributed by atoms with E-state index in [1.165, 1.54) is 11.8 Å². The highest BCUT2D eigenvalue weighted by molar-refractivity contribution is 9.10.